The van der Waals surface area contributed by atoms with Crippen molar-refractivity contribution in [2.24, 2.45) is 0 Å². The molecule has 1 aliphatic rings. The molecule has 1 heterocycles. The summed E-state index contributed by atoms with van der Waals surface area (Å²) in [6.45, 7) is 0.479. The molecule has 0 bridgehead atoms. The van der Waals surface area contributed by atoms with E-state index in [0.717, 1.165) is 18.4 Å². The molecule has 0 aromatic heterocycles. The van der Waals surface area contributed by atoms with Gasteiger partial charge < -0.3 is 9.64 Å². The summed E-state index contributed by atoms with van der Waals surface area (Å²) in [5.74, 6) is -0.0363. The maximum absolute atomic E-state index is 12.5. The van der Waals surface area contributed by atoms with Crippen LogP contribution in [0.1, 0.15) is 24.4 Å². The van der Waals surface area contributed by atoms with Crippen LogP contribution in [-0.2, 0) is 4.79 Å². The number of carbonyl (C=O) groups is 1. The Bertz CT molecular complexity index is 733. The molecule has 0 spiro atoms. The third-order valence-corrected chi connectivity index (χ3v) is 4.17. The lowest BCUT2D eigenvalue weighted by atomic mass is 10.0. The van der Waals surface area contributed by atoms with Gasteiger partial charge in [-0.05, 0) is 24.5 Å². The smallest absolute Gasteiger partial charge is 0.310 e. The number of hydrogen-bond donors (Lipinski definition) is 0. The summed E-state index contributed by atoms with van der Waals surface area (Å²) in [7, 11) is 0. The Kier molecular flexibility index (Phi) is 4.74. The van der Waals surface area contributed by atoms with Crippen molar-refractivity contribution < 1.29 is 14.5 Å². The first-order valence-electron chi connectivity index (χ1n) is 7.87. The summed E-state index contributed by atoms with van der Waals surface area (Å²) in [5.41, 5.74) is 0.973. The Labute approximate surface area is 139 Å². The molecule has 1 amide bonds. The van der Waals surface area contributed by atoms with E-state index in [4.69, 9.17) is 4.74 Å². The number of amides is 1. The number of ether oxygens (including phenoxy) is 1. The van der Waals surface area contributed by atoms with Crippen molar-refractivity contribution in [2.75, 3.05) is 13.2 Å². The minimum Gasteiger partial charge on any atom is -0.477 e. The van der Waals surface area contributed by atoms with Crippen molar-refractivity contribution >= 4 is 11.6 Å². The SMILES string of the molecule is O=C(COc1ccccc1[N+](=O)[O-])N1CCCC1c1ccccc1. The molecular weight excluding hydrogens is 308 g/mol. The normalized spacial score (nSPS) is 16.8. The van der Waals surface area contributed by atoms with Crippen LogP contribution in [0.5, 0.6) is 5.75 Å². The summed E-state index contributed by atoms with van der Waals surface area (Å²) in [5, 5.41) is 11.0. The van der Waals surface area contributed by atoms with E-state index in [9.17, 15) is 14.9 Å². The van der Waals surface area contributed by atoms with E-state index in [2.05, 4.69) is 0 Å². The zero-order valence-corrected chi connectivity index (χ0v) is 13.1. The molecule has 124 valence electrons. The van der Waals surface area contributed by atoms with Crippen molar-refractivity contribution in [3.63, 3.8) is 0 Å². The van der Waals surface area contributed by atoms with E-state index < -0.39 is 4.92 Å². The number of carbonyl (C=O) groups excluding carboxylic acids is 1. The second kappa shape index (κ2) is 7.12. The van der Waals surface area contributed by atoms with Crippen LogP contribution in [0.4, 0.5) is 5.69 Å². The van der Waals surface area contributed by atoms with Crippen molar-refractivity contribution in [3.05, 3.63) is 70.3 Å². The van der Waals surface area contributed by atoms with Crippen molar-refractivity contribution in [2.45, 2.75) is 18.9 Å². The molecule has 1 aliphatic heterocycles. The lowest BCUT2D eigenvalue weighted by Gasteiger charge is -2.25. The minimum absolute atomic E-state index is 0.0491. The first kappa shape index (κ1) is 16.0. The first-order valence-corrected chi connectivity index (χ1v) is 7.87. The molecule has 2 aromatic carbocycles. The van der Waals surface area contributed by atoms with Gasteiger partial charge in [-0.2, -0.15) is 0 Å². The highest BCUT2D eigenvalue weighted by molar-refractivity contribution is 5.78. The van der Waals surface area contributed by atoms with Gasteiger partial charge in [0.05, 0.1) is 11.0 Å². The van der Waals surface area contributed by atoms with E-state index in [1.807, 2.05) is 30.3 Å². The molecule has 1 unspecified atom stereocenters. The lowest BCUT2D eigenvalue weighted by molar-refractivity contribution is -0.385. The number of likely N-dealkylation sites (tertiary alicyclic amines) is 1. The second-order valence-corrected chi connectivity index (χ2v) is 5.67. The molecule has 1 atom stereocenters. The highest BCUT2D eigenvalue weighted by Gasteiger charge is 2.30. The third kappa shape index (κ3) is 3.37. The summed E-state index contributed by atoms with van der Waals surface area (Å²) in [6.07, 6.45) is 1.86. The minimum atomic E-state index is -0.511. The van der Waals surface area contributed by atoms with Gasteiger partial charge in [-0.1, -0.05) is 42.5 Å². The van der Waals surface area contributed by atoms with Crippen molar-refractivity contribution in [3.8, 4) is 5.75 Å². The van der Waals surface area contributed by atoms with Crippen molar-refractivity contribution in [1.82, 2.24) is 4.90 Å². The van der Waals surface area contributed by atoms with Gasteiger partial charge in [0.1, 0.15) is 0 Å². The molecule has 0 radical (unpaired) electrons. The number of rotatable bonds is 5. The summed E-state index contributed by atoms with van der Waals surface area (Å²) in [6, 6.07) is 16.0. The Morgan fingerprint density at radius 3 is 2.62 bits per heavy atom. The quantitative estimate of drug-likeness (QED) is 0.624. The van der Waals surface area contributed by atoms with E-state index in [0.29, 0.717) is 6.54 Å². The summed E-state index contributed by atoms with van der Waals surface area (Å²) in [4.78, 5) is 24.8. The Hall–Kier alpha value is -2.89. The molecule has 0 N–H and O–H groups in total. The lowest BCUT2D eigenvalue weighted by Crippen LogP contribution is -2.34. The van der Waals surface area contributed by atoms with Crippen LogP contribution in [-0.4, -0.2) is 28.9 Å². The third-order valence-electron chi connectivity index (χ3n) is 4.17. The highest BCUT2D eigenvalue weighted by Crippen LogP contribution is 2.32. The predicted octanol–water partition coefficient (Wildman–Crippen LogP) is 3.34. The summed E-state index contributed by atoms with van der Waals surface area (Å²) >= 11 is 0. The maximum atomic E-state index is 12.5. The Morgan fingerprint density at radius 2 is 1.88 bits per heavy atom. The number of nitrogens with zero attached hydrogens (tertiary/aromatic N) is 2. The largest absolute Gasteiger partial charge is 0.477 e. The topological polar surface area (TPSA) is 72.7 Å². The van der Waals surface area contributed by atoms with E-state index in [1.54, 1.807) is 17.0 Å². The van der Waals surface area contributed by atoms with Gasteiger partial charge in [-0.25, -0.2) is 0 Å². The van der Waals surface area contributed by atoms with Crippen LogP contribution in [0.2, 0.25) is 0 Å². The van der Waals surface area contributed by atoms with Crippen LogP contribution >= 0.6 is 0 Å². The van der Waals surface area contributed by atoms with Crippen LogP contribution in [0.15, 0.2) is 54.6 Å². The molecule has 2 aromatic rings. The fourth-order valence-electron chi connectivity index (χ4n) is 3.04. The number of hydrogen-bond acceptors (Lipinski definition) is 4. The fraction of sp³-hybridized carbons (Fsp3) is 0.278. The first-order chi connectivity index (χ1) is 11.7. The Morgan fingerprint density at radius 1 is 1.17 bits per heavy atom. The van der Waals surface area contributed by atoms with E-state index >= 15 is 0 Å². The van der Waals surface area contributed by atoms with Crippen LogP contribution in [0.25, 0.3) is 0 Å². The number of nitro benzene ring substituents is 1. The van der Waals surface area contributed by atoms with E-state index in [1.165, 1.54) is 12.1 Å². The maximum Gasteiger partial charge on any atom is 0.310 e. The Balaban J connectivity index is 1.68. The van der Waals surface area contributed by atoms with Gasteiger partial charge in [0, 0.05) is 12.6 Å². The van der Waals surface area contributed by atoms with Crippen LogP contribution in [0, 0.1) is 10.1 Å². The van der Waals surface area contributed by atoms with Crippen LogP contribution in [0.3, 0.4) is 0 Å². The van der Waals surface area contributed by atoms with E-state index in [-0.39, 0.29) is 30.0 Å². The van der Waals surface area contributed by atoms with Gasteiger partial charge in [0.15, 0.2) is 12.4 Å². The molecule has 1 saturated heterocycles. The van der Waals surface area contributed by atoms with Gasteiger partial charge in [0.25, 0.3) is 5.91 Å². The standard InChI is InChI=1S/C18H18N2O4/c21-18(13-24-17-11-5-4-9-16(17)20(22)23)19-12-6-10-15(19)14-7-2-1-3-8-14/h1-5,7-9,11,15H,6,10,12-13H2. The molecule has 0 saturated carbocycles. The summed E-state index contributed by atoms with van der Waals surface area (Å²) < 4.78 is 5.42. The number of nitro groups is 1. The predicted molar refractivity (Wildman–Crippen MR) is 88.7 cm³/mol. The fourth-order valence-corrected chi connectivity index (χ4v) is 3.04. The average molecular weight is 326 g/mol. The van der Waals surface area contributed by atoms with Gasteiger partial charge in [-0.3, -0.25) is 14.9 Å². The van der Waals surface area contributed by atoms with Gasteiger partial charge in [0.2, 0.25) is 0 Å². The van der Waals surface area contributed by atoms with Gasteiger partial charge >= 0.3 is 5.69 Å². The number of benzene rings is 2. The average Bonchev–Trinajstić information content (AvgIpc) is 3.10. The molecule has 24 heavy (non-hydrogen) atoms. The monoisotopic (exact) mass is 326 g/mol. The zero-order valence-electron chi connectivity index (χ0n) is 13.1. The highest BCUT2D eigenvalue weighted by atomic mass is 16.6. The number of para-hydroxylation sites is 2. The molecule has 0 aliphatic carbocycles. The van der Waals surface area contributed by atoms with Gasteiger partial charge in [-0.15, -0.1) is 0 Å². The molecule has 6 heteroatoms. The van der Waals surface area contributed by atoms with Crippen molar-refractivity contribution in [1.29, 1.82) is 0 Å². The van der Waals surface area contributed by atoms with Crippen LogP contribution < -0.4 is 4.74 Å². The zero-order chi connectivity index (χ0) is 16.9. The molecule has 1 fully saturated rings. The second-order valence-electron chi connectivity index (χ2n) is 5.67. The molecular formula is C18H18N2O4. The molecule has 6 nitrogen and oxygen atoms in total. The molecule has 3 rings (SSSR count).